The number of guanidine groups is 1. The number of methoxy groups -OCH3 is 1. The van der Waals surface area contributed by atoms with E-state index in [2.05, 4.69) is 39.9 Å². The van der Waals surface area contributed by atoms with Crippen LogP contribution in [0.1, 0.15) is 36.8 Å². The molecule has 0 aromatic heterocycles. The van der Waals surface area contributed by atoms with E-state index in [1.165, 1.54) is 30.4 Å². The van der Waals surface area contributed by atoms with Crippen LogP contribution in [-0.2, 0) is 17.9 Å². The third kappa shape index (κ3) is 6.23. The molecule has 2 aromatic rings. The minimum Gasteiger partial charge on any atom is -0.489 e. The van der Waals surface area contributed by atoms with Crippen molar-refractivity contribution in [2.75, 3.05) is 27.3 Å². The molecule has 156 valence electrons. The van der Waals surface area contributed by atoms with E-state index < -0.39 is 0 Å². The molecule has 3 rings (SSSR count). The molecule has 0 bridgehead atoms. The Balaban J connectivity index is 1.51. The van der Waals surface area contributed by atoms with Crippen LogP contribution >= 0.6 is 0 Å². The van der Waals surface area contributed by atoms with Gasteiger partial charge >= 0.3 is 0 Å². The number of nitrogens with zero attached hydrogens (tertiary/aromatic N) is 1. The van der Waals surface area contributed by atoms with E-state index in [-0.39, 0.29) is 0 Å². The van der Waals surface area contributed by atoms with Crippen LogP contribution in [0, 0.1) is 5.41 Å². The van der Waals surface area contributed by atoms with Crippen molar-refractivity contribution in [3.8, 4) is 5.75 Å². The maximum absolute atomic E-state index is 5.93. The van der Waals surface area contributed by atoms with Crippen LogP contribution in [0.2, 0.25) is 0 Å². The first kappa shape index (κ1) is 21.2. The number of hydrogen-bond donors (Lipinski definition) is 2. The van der Waals surface area contributed by atoms with Gasteiger partial charge in [-0.1, -0.05) is 48.9 Å². The first-order valence-corrected chi connectivity index (χ1v) is 10.4. The lowest BCUT2D eigenvalue weighted by Crippen LogP contribution is -2.46. The lowest BCUT2D eigenvalue weighted by molar-refractivity contribution is 0.0732. The maximum Gasteiger partial charge on any atom is 0.191 e. The summed E-state index contributed by atoms with van der Waals surface area (Å²) in [4.78, 5) is 4.40. The van der Waals surface area contributed by atoms with E-state index in [1.54, 1.807) is 7.11 Å². The molecule has 0 aliphatic heterocycles. The SMILES string of the molecule is CN=C(NCc1ccccc1COc1ccccc1)NCC1(CCOC)CCC1. The van der Waals surface area contributed by atoms with Gasteiger partial charge in [0.2, 0.25) is 0 Å². The summed E-state index contributed by atoms with van der Waals surface area (Å²) in [5.74, 6) is 1.72. The quantitative estimate of drug-likeness (QED) is 0.469. The van der Waals surface area contributed by atoms with E-state index >= 15 is 0 Å². The van der Waals surface area contributed by atoms with Gasteiger partial charge in [0.1, 0.15) is 12.4 Å². The van der Waals surface area contributed by atoms with Gasteiger partial charge in [0, 0.05) is 33.9 Å². The third-order valence-corrected chi connectivity index (χ3v) is 5.81. The topological polar surface area (TPSA) is 54.9 Å². The van der Waals surface area contributed by atoms with E-state index in [1.807, 2.05) is 37.4 Å². The largest absolute Gasteiger partial charge is 0.489 e. The predicted molar refractivity (Wildman–Crippen MR) is 118 cm³/mol. The van der Waals surface area contributed by atoms with Gasteiger partial charge in [0.25, 0.3) is 0 Å². The molecule has 0 unspecified atom stereocenters. The van der Waals surface area contributed by atoms with E-state index in [9.17, 15) is 0 Å². The van der Waals surface area contributed by atoms with Gasteiger partial charge in [-0.25, -0.2) is 0 Å². The molecular weight excluding hydrogens is 362 g/mol. The summed E-state index contributed by atoms with van der Waals surface area (Å²) >= 11 is 0. The highest BCUT2D eigenvalue weighted by atomic mass is 16.5. The van der Waals surface area contributed by atoms with Crippen LogP contribution in [0.15, 0.2) is 59.6 Å². The van der Waals surface area contributed by atoms with Crippen LogP contribution < -0.4 is 15.4 Å². The molecule has 0 amide bonds. The Morgan fingerprint density at radius 1 is 1.00 bits per heavy atom. The fourth-order valence-corrected chi connectivity index (χ4v) is 3.73. The molecule has 2 N–H and O–H groups in total. The number of aliphatic imine (C=N–C) groups is 1. The van der Waals surface area contributed by atoms with Crippen LogP contribution in [-0.4, -0.2) is 33.3 Å². The minimum absolute atomic E-state index is 0.356. The summed E-state index contributed by atoms with van der Waals surface area (Å²) in [6.07, 6.45) is 4.94. The number of hydrogen-bond acceptors (Lipinski definition) is 3. The standard InChI is InChI=1S/C24H33N3O2/c1-25-23(27-19-24(13-8-14-24)15-16-28-2)26-17-20-9-6-7-10-21(20)18-29-22-11-4-3-5-12-22/h3-7,9-12H,8,13-19H2,1-2H3,(H2,25,26,27). The second-order valence-electron chi connectivity index (χ2n) is 7.75. The third-order valence-electron chi connectivity index (χ3n) is 5.81. The van der Waals surface area contributed by atoms with Crippen molar-refractivity contribution in [1.29, 1.82) is 0 Å². The average Bonchev–Trinajstić information content (AvgIpc) is 2.74. The zero-order valence-electron chi connectivity index (χ0n) is 17.6. The van der Waals surface area contributed by atoms with Gasteiger partial charge in [-0.15, -0.1) is 0 Å². The van der Waals surface area contributed by atoms with Gasteiger partial charge in [-0.2, -0.15) is 0 Å². The Morgan fingerprint density at radius 2 is 1.72 bits per heavy atom. The molecule has 5 heteroatoms. The molecular formula is C24H33N3O2. The van der Waals surface area contributed by atoms with Crippen molar-refractivity contribution in [2.24, 2.45) is 10.4 Å². The average molecular weight is 396 g/mol. The lowest BCUT2D eigenvalue weighted by atomic mass is 9.67. The highest BCUT2D eigenvalue weighted by Crippen LogP contribution is 2.43. The summed E-state index contributed by atoms with van der Waals surface area (Å²) in [6.45, 7) is 3.02. The summed E-state index contributed by atoms with van der Waals surface area (Å²) in [6, 6.07) is 18.3. The lowest BCUT2D eigenvalue weighted by Gasteiger charge is -2.42. The fraction of sp³-hybridized carbons (Fsp3) is 0.458. The van der Waals surface area contributed by atoms with Gasteiger partial charge in [-0.3, -0.25) is 4.99 Å². The normalized spacial score (nSPS) is 15.4. The van der Waals surface area contributed by atoms with Crippen LogP contribution in [0.3, 0.4) is 0 Å². The van der Waals surface area contributed by atoms with Crippen LogP contribution in [0.25, 0.3) is 0 Å². The summed E-state index contributed by atoms with van der Waals surface area (Å²) in [7, 11) is 3.60. The first-order chi connectivity index (χ1) is 14.2. The number of benzene rings is 2. The molecule has 1 aliphatic carbocycles. The van der Waals surface area contributed by atoms with E-state index in [0.29, 0.717) is 18.6 Å². The molecule has 0 spiro atoms. The van der Waals surface area contributed by atoms with E-state index in [4.69, 9.17) is 9.47 Å². The van der Waals surface area contributed by atoms with Crippen LogP contribution in [0.5, 0.6) is 5.75 Å². The van der Waals surface area contributed by atoms with Crippen molar-refractivity contribution >= 4 is 5.96 Å². The first-order valence-electron chi connectivity index (χ1n) is 10.4. The van der Waals surface area contributed by atoms with Crippen molar-refractivity contribution in [3.05, 3.63) is 65.7 Å². The Hall–Kier alpha value is -2.53. The Morgan fingerprint density at radius 3 is 2.38 bits per heavy atom. The zero-order chi connectivity index (χ0) is 20.4. The monoisotopic (exact) mass is 395 g/mol. The highest BCUT2D eigenvalue weighted by molar-refractivity contribution is 5.79. The van der Waals surface area contributed by atoms with Crippen molar-refractivity contribution in [2.45, 2.75) is 38.8 Å². The molecule has 5 nitrogen and oxygen atoms in total. The van der Waals surface area contributed by atoms with Crippen LogP contribution in [0.4, 0.5) is 0 Å². The van der Waals surface area contributed by atoms with Gasteiger partial charge in [0.05, 0.1) is 0 Å². The molecule has 1 fully saturated rings. The molecule has 0 saturated heterocycles. The Labute approximate surface area is 174 Å². The number of nitrogens with one attached hydrogen (secondary N) is 2. The number of para-hydroxylation sites is 1. The second kappa shape index (κ2) is 10.9. The number of ether oxygens (including phenoxy) is 2. The molecule has 0 radical (unpaired) electrons. The fourth-order valence-electron chi connectivity index (χ4n) is 3.73. The van der Waals surface area contributed by atoms with Crippen molar-refractivity contribution in [1.82, 2.24) is 10.6 Å². The zero-order valence-corrected chi connectivity index (χ0v) is 17.6. The predicted octanol–water partition coefficient (Wildman–Crippen LogP) is 4.14. The molecule has 2 aromatic carbocycles. The summed E-state index contributed by atoms with van der Waals surface area (Å²) in [5, 5.41) is 6.97. The summed E-state index contributed by atoms with van der Waals surface area (Å²) in [5.41, 5.74) is 2.74. The minimum atomic E-state index is 0.356. The van der Waals surface area contributed by atoms with Crippen molar-refractivity contribution < 1.29 is 9.47 Å². The van der Waals surface area contributed by atoms with Crippen molar-refractivity contribution in [3.63, 3.8) is 0 Å². The van der Waals surface area contributed by atoms with Gasteiger partial charge < -0.3 is 20.1 Å². The molecule has 1 saturated carbocycles. The Kier molecular flexibility index (Phi) is 7.94. The van der Waals surface area contributed by atoms with Gasteiger partial charge in [-0.05, 0) is 47.9 Å². The second-order valence-corrected chi connectivity index (χ2v) is 7.75. The van der Waals surface area contributed by atoms with E-state index in [0.717, 1.165) is 31.3 Å². The summed E-state index contributed by atoms with van der Waals surface area (Å²) < 4.78 is 11.2. The molecule has 0 heterocycles. The molecule has 1 aliphatic rings. The smallest absolute Gasteiger partial charge is 0.191 e. The molecule has 29 heavy (non-hydrogen) atoms. The number of rotatable bonds is 10. The molecule has 0 atom stereocenters. The highest BCUT2D eigenvalue weighted by Gasteiger charge is 2.36. The Bertz CT molecular complexity index is 773. The maximum atomic E-state index is 5.93. The van der Waals surface area contributed by atoms with Gasteiger partial charge in [0.15, 0.2) is 5.96 Å².